The van der Waals surface area contributed by atoms with E-state index >= 15 is 0 Å². The normalized spacial score (nSPS) is 10.9. The number of amides is 1. The number of rotatable bonds is 6. The molecular weight excluding hydrogens is 448 g/mol. The number of benzene rings is 3. The van der Waals surface area contributed by atoms with Crippen LogP contribution in [0.1, 0.15) is 17.3 Å². The van der Waals surface area contributed by atoms with Gasteiger partial charge in [-0.05, 0) is 54.6 Å². The molecule has 4 aromatic rings. The maximum absolute atomic E-state index is 14.4. The van der Waals surface area contributed by atoms with Crippen LogP contribution >= 0.6 is 11.8 Å². The molecule has 0 atom stereocenters. The van der Waals surface area contributed by atoms with Crippen LogP contribution in [0.2, 0.25) is 0 Å². The van der Waals surface area contributed by atoms with Gasteiger partial charge in [-0.1, -0.05) is 23.9 Å². The lowest BCUT2D eigenvalue weighted by Crippen LogP contribution is -2.22. The molecule has 0 radical (unpaired) electrons. The van der Waals surface area contributed by atoms with Crippen molar-refractivity contribution in [2.45, 2.75) is 12.1 Å². The maximum Gasteiger partial charge on any atom is 0.266 e. The van der Waals surface area contributed by atoms with Gasteiger partial charge in [-0.25, -0.2) is 13.8 Å². The van der Waals surface area contributed by atoms with Crippen molar-refractivity contribution in [3.63, 3.8) is 0 Å². The lowest BCUT2D eigenvalue weighted by Gasteiger charge is -2.13. The number of aromatic nitrogens is 2. The van der Waals surface area contributed by atoms with Crippen molar-refractivity contribution >= 4 is 40.0 Å². The number of anilines is 1. The second-order valence-electron chi connectivity index (χ2n) is 7.12. The quantitative estimate of drug-likeness (QED) is 0.256. The van der Waals surface area contributed by atoms with Crippen LogP contribution < -0.4 is 10.9 Å². The Balaban J connectivity index is 1.68. The van der Waals surface area contributed by atoms with Crippen molar-refractivity contribution in [3.8, 4) is 5.69 Å². The first kappa shape index (κ1) is 22.3. The zero-order valence-electron chi connectivity index (χ0n) is 17.3. The largest absolute Gasteiger partial charge is 0.326 e. The maximum atomic E-state index is 14.4. The molecule has 0 aliphatic carbocycles. The standard InChI is InChI=1S/C24H17F2N3O3S/c1-14(30)27-16-8-11-18(20(26)12-16)22(31)13-33-24-28-21-5-3-2-4-19(21)23(32)29(24)17-9-6-15(25)7-10-17/h2-12H,13H2,1H3,(H,27,30). The SMILES string of the molecule is CC(=O)Nc1ccc(C(=O)CSc2nc3ccccc3c(=O)n2-c2ccc(F)cc2)c(F)c1. The van der Waals surface area contributed by atoms with Crippen molar-refractivity contribution in [3.05, 3.63) is 94.3 Å². The van der Waals surface area contributed by atoms with Gasteiger partial charge >= 0.3 is 0 Å². The summed E-state index contributed by atoms with van der Waals surface area (Å²) < 4.78 is 29.2. The van der Waals surface area contributed by atoms with Crippen molar-refractivity contribution < 1.29 is 18.4 Å². The molecule has 0 saturated carbocycles. The number of Topliss-reactive ketones (excluding diaryl/α,β-unsaturated/α-hetero) is 1. The molecule has 1 aromatic heterocycles. The van der Waals surface area contributed by atoms with Crippen LogP contribution in [0.5, 0.6) is 0 Å². The average molecular weight is 465 g/mol. The van der Waals surface area contributed by atoms with E-state index in [0.29, 0.717) is 16.6 Å². The molecular formula is C24H17F2N3O3S. The van der Waals surface area contributed by atoms with Gasteiger partial charge in [0.2, 0.25) is 5.91 Å². The van der Waals surface area contributed by atoms with Crippen LogP contribution in [0.3, 0.4) is 0 Å². The van der Waals surface area contributed by atoms with Crippen LogP contribution in [-0.2, 0) is 4.79 Å². The molecule has 0 fully saturated rings. The molecule has 4 rings (SSSR count). The average Bonchev–Trinajstić information content (AvgIpc) is 2.78. The molecule has 3 aromatic carbocycles. The Labute approximate surface area is 191 Å². The number of hydrogen-bond donors (Lipinski definition) is 1. The highest BCUT2D eigenvalue weighted by molar-refractivity contribution is 7.99. The molecule has 9 heteroatoms. The lowest BCUT2D eigenvalue weighted by molar-refractivity contribution is -0.114. The third-order valence-electron chi connectivity index (χ3n) is 4.75. The topological polar surface area (TPSA) is 81.1 Å². The highest BCUT2D eigenvalue weighted by atomic mass is 32.2. The van der Waals surface area contributed by atoms with E-state index in [9.17, 15) is 23.2 Å². The molecule has 0 aliphatic heterocycles. The first-order chi connectivity index (χ1) is 15.8. The zero-order chi connectivity index (χ0) is 23.5. The van der Waals surface area contributed by atoms with E-state index in [2.05, 4.69) is 10.3 Å². The number of nitrogens with one attached hydrogen (secondary N) is 1. The van der Waals surface area contributed by atoms with E-state index in [1.165, 1.54) is 47.9 Å². The Morgan fingerprint density at radius 3 is 2.45 bits per heavy atom. The number of halogens is 2. The van der Waals surface area contributed by atoms with E-state index in [1.54, 1.807) is 24.3 Å². The highest BCUT2D eigenvalue weighted by Gasteiger charge is 2.18. The summed E-state index contributed by atoms with van der Waals surface area (Å²) in [4.78, 5) is 41.5. The first-order valence-corrected chi connectivity index (χ1v) is 10.8. The summed E-state index contributed by atoms with van der Waals surface area (Å²) in [7, 11) is 0. The second kappa shape index (κ2) is 9.33. The first-order valence-electron chi connectivity index (χ1n) is 9.84. The fraction of sp³-hybridized carbons (Fsp3) is 0.0833. The minimum Gasteiger partial charge on any atom is -0.326 e. The highest BCUT2D eigenvalue weighted by Crippen LogP contribution is 2.24. The summed E-state index contributed by atoms with van der Waals surface area (Å²) in [5.74, 6) is -2.29. The van der Waals surface area contributed by atoms with Gasteiger partial charge in [-0.15, -0.1) is 0 Å². The Morgan fingerprint density at radius 1 is 1.03 bits per heavy atom. The molecule has 0 aliphatic rings. The van der Waals surface area contributed by atoms with Gasteiger partial charge < -0.3 is 5.32 Å². The number of hydrogen-bond acceptors (Lipinski definition) is 5. The molecule has 1 heterocycles. The number of fused-ring (bicyclic) bond motifs is 1. The zero-order valence-corrected chi connectivity index (χ0v) is 18.2. The summed E-state index contributed by atoms with van der Waals surface area (Å²) in [5.41, 5.74) is 0.564. The van der Waals surface area contributed by atoms with E-state index < -0.39 is 17.4 Å². The van der Waals surface area contributed by atoms with Crippen molar-refractivity contribution in [1.29, 1.82) is 0 Å². The minimum absolute atomic E-state index is 0.145. The Kier molecular flexibility index (Phi) is 6.32. The number of ketones is 1. The lowest BCUT2D eigenvalue weighted by atomic mass is 10.1. The molecule has 166 valence electrons. The second-order valence-corrected chi connectivity index (χ2v) is 8.06. The van der Waals surface area contributed by atoms with Crippen molar-refractivity contribution in [2.24, 2.45) is 0 Å². The number of para-hydroxylation sites is 1. The van der Waals surface area contributed by atoms with Gasteiger partial charge in [0.25, 0.3) is 5.56 Å². The Bertz CT molecular complexity index is 1440. The number of carbonyl (C=O) groups is 2. The van der Waals surface area contributed by atoms with Crippen LogP contribution in [0, 0.1) is 11.6 Å². The Hall–Kier alpha value is -3.85. The van der Waals surface area contributed by atoms with Gasteiger partial charge in [0, 0.05) is 12.6 Å². The molecule has 1 N–H and O–H groups in total. The van der Waals surface area contributed by atoms with Gasteiger partial charge in [0.15, 0.2) is 10.9 Å². The predicted molar refractivity (Wildman–Crippen MR) is 123 cm³/mol. The van der Waals surface area contributed by atoms with Gasteiger partial charge in [0.1, 0.15) is 11.6 Å². The molecule has 0 bridgehead atoms. The van der Waals surface area contributed by atoms with Crippen LogP contribution in [0.4, 0.5) is 14.5 Å². The molecule has 0 unspecified atom stereocenters. The molecule has 6 nitrogen and oxygen atoms in total. The van der Waals surface area contributed by atoms with E-state index in [1.807, 2.05) is 0 Å². The van der Waals surface area contributed by atoms with E-state index in [4.69, 9.17) is 0 Å². The summed E-state index contributed by atoms with van der Waals surface area (Å²) >= 11 is 0.974. The summed E-state index contributed by atoms with van der Waals surface area (Å²) in [6.07, 6.45) is 0. The third kappa shape index (κ3) is 4.83. The summed E-state index contributed by atoms with van der Waals surface area (Å²) in [6.45, 7) is 1.30. The Morgan fingerprint density at radius 2 is 1.76 bits per heavy atom. The van der Waals surface area contributed by atoms with Crippen LogP contribution in [0.25, 0.3) is 16.6 Å². The van der Waals surface area contributed by atoms with Crippen molar-refractivity contribution in [1.82, 2.24) is 9.55 Å². The number of nitrogens with zero attached hydrogens (tertiary/aromatic N) is 2. The molecule has 0 spiro atoms. The fourth-order valence-electron chi connectivity index (χ4n) is 3.26. The minimum atomic E-state index is -0.769. The molecule has 0 saturated heterocycles. The molecule has 33 heavy (non-hydrogen) atoms. The summed E-state index contributed by atoms with van der Waals surface area (Å²) in [5, 5.41) is 3.04. The van der Waals surface area contributed by atoms with Crippen molar-refractivity contribution in [2.75, 3.05) is 11.1 Å². The number of thioether (sulfide) groups is 1. The van der Waals surface area contributed by atoms with Gasteiger partial charge in [0.05, 0.1) is 27.9 Å². The molecule has 1 amide bonds. The van der Waals surface area contributed by atoms with E-state index in [-0.39, 0.29) is 33.6 Å². The smallest absolute Gasteiger partial charge is 0.266 e. The van der Waals surface area contributed by atoms with Crippen LogP contribution in [0.15, 0.2) is 76.7 Å². The van der Waals surface area contributed by atoms with Crippen LogP contribution in [-0.4, -0.2) is 27.0 Å². The third-order valence-corrected chi connectivity index (χ3v) is 5.69. The van der Waals surface area contributed by atoms with Gasteiger partial charge in [-0.3, -0.25) is 19.0 Å². The predicted octanol–water partition coefficient (Wildman–Crippen LogP) is 4.60. The fourth-order valence-corrected chi connectivity index (χ4v) is 4.15. The monoisotopic (exact) mass is 465 g/mol. The summed E-state index contributed by atoms with van der Waals surface area (Å²) in [6, 6.07) is 15.9. The van der Waals surface area contributed by atoms with E-state index in [0.717, 1.165) is 17.8 Å². The van der Waals surface area contributed by atoms with Gasteiger partial charge in [-0.2, -0.15) is 0 Å². The number of carbonyl (C=O) groups excluding carboxylic acids is 2.